The Hall–Kier alpha value is -2.38. The number of fused-ring (bicyclic) bond motifs is 1. The van der Waals surface area contributed by atoms with Crippen LogP contribution in [0.15, 0.2) is 42.6 Å². The summed E-state index contributed by atoms with van der Waals surface area (Å²) in [7, 11) is 0. The van der Waals surface area contributed by atoms with Crippen molar-refractivity contribution >= 4 is 5.65 Å². The van der Waals surface area contributed by atoms with Crippen LogP contribution in [-0.2, 0) is 12.7 Å². The lowest BCUT2D eigenvalue weighted by Gasteiger charge is -2.20. The van der Waals surface area contributed by atoms with Crippen molar-refractivity contribution in [3.05, 3.63) is 59.4 Å². The molecule has 0 radical (unpaired) electrons. The van der Waals surface area contributed by atoms with Gasteiger partial charge in [-0.05, 0) is 38.6 Å². The predicted molar refractivity (Wildman–Crippen MR) is 103 cm³/mol. The number of hydrogen-bond donors (Lipinski definition) is 1. The molecule has 4 rings (SSSR count). The molecule has 0 spiro atoms. The Balaban J connectivity index is 1.83. The summed E-state index contributed by atoms with van der Waals surface area (Å²) in [6, 6.07) is 10.5. The number of hydrogen-bond acceptors (Lipinski definition) is 3. The summed E-state index contributed by atoms with van der Waals surface area (Å²) in [5.41, 5.74) is 3.47. The number of nitrogens with zero attached hydrogens (tertiary/aromatic N) is 3. The van der Waals surface area contributed by atoms with E-state index in [9.17, 15) is 13.2 Å². The quantitative estimate of drug-likeness (QED) is 0.733. The zero-order valence-electron chi connectivity index (χ0n) is 15.8. The molecule has 2 aromatic heterocycles. The highest BCUT2D eigenvalue weighted by Gasteiger charge is 2.31. The van der Waals surface area contributed by atoms with Gasteiger partial charge in [-0.2, -0.15) is 13.2 Å². The van der Waals surface area contributed by atoms with Gasteiger partial charge in [0.25, 0.3) is 0 Å². The maximum Gasteiger partial charge on any atom is 0.417 e. The number of alkyl halides is 3. The molecular weight excluding hydrogens is 365 g/mol. The van der Waals surface area contributed by atoms with Gasteiger partial charge in [0.05, 0.1) is 17.0 Å². The number of imidazole rings is 1. The van der Waals surface area contributed by atoms with Crippen molar-refractivity contribution in [2.45, 2.75) is 26.1 Å². The number of aromatic nitrogens is 2. The molecule has 3 aromatic rings. The van der Waals surface area contributed by atoms with Crippen molar-refractivity contribution in [2.24, 2.45) is 0 Å². The summed E-state index contributed by atoms with van der Waals surface area (Å²) in [4.78, 5) is 6.96. The van der Waals surface area contributed by atoms with Gasteiger partial charge in [0.15, 0.2) is 0 Å². The Bertz CT molecular complexity index is 952. The van der Waals surface area contributed by atoms with Crippen LogP contribution in [-0.4, -0.2) is 40.5 Å². The van der Waals surface area contributed by atoms with Crippen molar-refractivity contribution in [2.75, 3.05) is 26.2 Å². The first-order valence-corrected chi connectivity index (χ1v) is 9.50. The molecular formula is C21H23F3N4. The fraction of sp³-hybridized carbons (Fsp3) is 0.381. The van der Waals surface area contributed by atoms with E-state index in [0.717, 1.165) is 61.2 Å². The standard InChI is InChI=1S/C21H23F3N4/c1-15-3-5-16(6-4-15)20-18(14-27-11-2-9-25-10-12-27)28-13-17(21(22,23)24)7-8-19(28)26-20/h3-8,13,25H,2,9-12,14H2,1H3. The minimum atomic E-state index is -4.38. The summed E-state index contributed by atoms with van der Waals surface area (Å²) in [5, 5.41) is 3.36. The Morgan fingerprint density at radius 2 is 1.82 bits per heavy atom. The van der Waals surface area contributed by atoms with Crippen LogP contribution in [0.5, 0.6) is 0 Å². The molecule has 1 N–H and O–H groups in total. The van der Waals surface area contributed by atoms with E-state index in [-0.39, 0.29) is 0 Å². The van der Waals surface area contributed by atoms with Gasteiger partial charge >= 0.3 is 6.18 Å². The molecule has 148 valence electrons. The molecule has 1 aliphatic heterocycles. The molecule has 1 aromatic carbocycles. The van der Waals surface area contributed by atoms with Crippen LogP contribution in [0.25, 0.3) is 16.9 Å². The SMILES string of the molecule is Cc1ccc(-c2nc3ccc(C(F)(F)F)cn3c2CN2CCCNCC2)cc1. The summed E-state index contributed by atoms with van der Waals surface area (Å²) in [5.74, 6) is 0. The first-order chi connectivity index (χ1) is 13.4. The zero-order chi connectivity index (χ0) is 19.7. The van der Waals surface area contributed by atoms with Gasteiger partial charge in [-0.15, -0.1) is 0 Å². The lowest BCUT2D eigenvalue weighted by Crippen LogP contribution is -2.28. The molecule has 7 heteroatoms. The summed E-state index contributed by atoms with van der Waals surface area (Å²) < 4.78 is 41.5. The molecule has 28 heavy (non-hydrogen) atoms. The maximum atomic E-state index is 13.3. The first-order valence-electron chi connectivity index (χ1n) is 9.50. The number of halogens is 3. The van der Waals surface area contributed by atoms with E-state index in [1.165, 1.54) is 12.3 Å². The monoisotopic (exact) mass is 388 g/mol. The van der Waals surface area contributed by atoms with Crippen LogP contribution in [0, 0.1) is 6.92 Å². The van der Waals surface area contributed by atoms with E-state index in [0.29, 0.717) is 12.2 Å². The largest absolute Gasteiger partial charge is 0.417 e. The van der Waals surface area contributed by atoms with Crippen molar-refractivity contribution in [3.8, 4) is 11.3 Å². The maximum absolute atomic E-state index is 13.3. The van der Waals surface area contributed by atoms with Crippen molar-refractivity contribution in [3.63, 3.8) is 0 Å². The first kappa shape index (κ1) is 19.0. The number of aryl methyl sites for hydroxylation is 1. The van der Waals surface area contributed by atoms with Gasteiger partial charge in [-0.25, -0.2) is 4.98 Å². The van der Waals surface area contributed by atoms with Crippen LogP contribution in [0.2, 0.25) is 0 Å². The van der Waals surface area contributed by atoms with Crippen LogP contribution >= 0.6 is 0 Å². The Morgan fingerprint density at radius 3 is 2.57 bits per heavy atom. The van der Waals surface area contributed by atoms with Gasteiger partial charge in [-0.3, -0.25) is 4.90 Å². The second-order valence-electron chi connectivity index (χ2n) is 7.30. The number of rotatable bonds is 3. The average Bonchev–Trinajstić information content (AvgIpc) is 2.83. The minimum Gasteiger partial charge on any atom is -0.315 e. The Morgan fingerprint density at radius 1 is 1.04 bits per heavy atom. The van der Waals surface area contributed by atoms with Crippen LogP contribution in [0.3, 0.4) is 0 Å². The van der Waals surface area contributed by atoms with Crippen LogP contribution < -0.4 is 5.32 Å². The third-order valence-corrected chi connectivity index (χ3v) is 5.18. The highest BCUT2D eigenvalue weighted by Crippen LogP contribution is 2.32. The third-order valence-electron chi connectivity index (χ3n) is 5.18. The van der Waals surface area contributed by atoms with E-state index in [1.807, 2.05) is 31.2 Å². The molecule has 3 heterocycles. The molecule has 0 atom stereocenters. The molecule has 1 aliphatic rings. The topological polar surface area (TPSA) is 32.6 Å². The van der Waals surface area contributed by atoms with E-state index in [4.69, 9.17) is 0 Å². The van der Waals surface area contributed by atoms with Crippen LogP contribution in [0.1, 0.15) is 23.2 Å². The second kappa shape index (κ2) is 7.56. The molecule has 1 fully saturated rings. The molecule has 0 saturated carbocycles. The predicted octanol–water partition coefficient (Wildman–Crippen LogP) is 4.12. The fourth-order valence-corrected chi connectivity index (χ4v) is 3.63. The Labute approximate surface area is 162 Å². The second-order valence-corrected chi connectivity index (χ2v) is 7.30. The lowest BCUT2D eigenvalue weighted by atomic mass is 10.1. The molecule has 4 nitrogen and oxygen atoms in total. The van der Waals surface area contributed by atoms with Gasteiger partial charge in [0.2, 0.25) is 0 Å². The zero-order valence-corrected chi connectivity index (χ0v) is 15.8. The number of pyridine rings is 1. The normalized spacial score (nSPS) is 16.4. The molecule has 0 aliphatic carbocycles. The summed E-state index contributed by atoms with van der Waals surface area (Å²) >= 11 is 0. The van der Waals surface area contributed by atoms with Gasteiger partial charge in [0.1, 0.15) is 5.65 Å². The van der Waals surface area contributed by atoms with Crippen molar-refractivity contribution in [1.82, 2.24) is 19.6 Å². The third kappa shape index (κ3) is 3.91. The molecule has 0 unspecified atom stereocenters. The lowest BCUT2D eigenvalue weighted by molar-refractivity contribution is -0.137. The molecule has 0 amide bonds. The minimum absolute atomic E-state index is 0.534. The average molecular weight is 388 g/mol. The summed E-state index contributed by atoms with van der Waals surface area (Å²) in [6.45, 7) is 6.19. The van der Waals surface area contributed by atoms with Crippen molar-refractivity contribution < 1.29 is 13.2 Å². The number of nitrogens with one attached hydrogen (secondary N) is 1. The fourth-order valence-electron chi connectivity index (χ4n) is 3.63. The number of benzene rings is 1. The molecule has 0 bridgehead atoms. The van der Waals surface area contributed by atoms with E-state index in [1.54, 1.807) is 4.40 Å². The highest BCUT2D eigenvalue weighted by molar-refractivity contribution is 5.67. The van der Waals surface area contributed by atoms with Gasteiger partial charge < -0.3 is 9.72 Å². The Kier molecular flexibility index (Phi) is 5.12. The summed E-state index contributed by atoms with van der Waals surface area (Å²) in [6.07, 6.45) is -2.19. The molecule has 1 saturated heterocycles. The van der Waals surface area contributed by atoms with E-state index in [2.05, 4.69) is 15.2 Å². The highest BCUT2D eigenvalue weighted by atomic mass is 19.4. The van der Waals surface area contributed by atoms with Crippen molar-refractivity contribution in [1.29, 1.82) is 0 Å². The van der Waals surface area contributed by atoms with E-state index < -0.39 is 11.7 Å². The van der Waals surface area contributed by atoms with Gasteiger partial charge in [0, 0.05) is 31.4 Å². The van der Waals surface area contributed by atoms with Gasteiger partial charge in [-0.1, -0.05) is 29.8 Å². The smallest absolute Gasteiger partial charge is 0.315 e. The van der Waals surface area contributed by atoms with E-state index >= 15 is 0 Å². The van der Waals surface area contributed by atoms with Crippen LogP contribution in [0.4, 0.5) is 13.2 Å².